The van der Waals surface area contributed by atoms with Gasteiger partial charge in [-0.05, 0) is 38.5 Å². The van der Waals surface area contributed by atoms with E-state index < -0.39 is 0 Å². The highest BCUT2D eigenvalue weighted by Crippen LogP contribution is 2.39. The first-order valence-corrected chi connectivity index (χ1v) is 7.97. The molecular formula is C13H21N3S. The molecule has 1 saturated heterocycles. The third-order valence-electron chi connectivity index (χ3n) is 4.19. The summed E-state index contributed by atoms with van der Waals surface area (Å²) in [5.74, 6) is 0. The first-order chi connectivity index (χ1) is 8.40. The van der Waals surface area contributed by atoms with Crippen LogP contribution in [0, 0.1) is 0 Å². The molecule has 0 aromatic carbocycles. The predicted octanol–water partition coefficient (Wildman–Crippen LogP) is 2.76. The Kier molecular flexibility index (Phi) is 3.43. The van der Waals surface area contributed by atoms with Crippen molar-refractivity contribution in [2.45, 2.75) is 49.4 Å². The zero-order valence-corrected chi connectivity index (χ0v) is 11.2. The molecule has 1 aliphatic heterocycles. The van der Waals surface area contributed by atoms with Crippen molar-refractivity contribution in [2.24, 2.45) is 0 Å². The van der Waals surface area contributed by atoms with Gasteiger partial charge in [0.2, 0.25) is 0 Å². The number of imidazole rings is 1. The van der Waals surface area contributed by atoms with Crippen molar-refractivity contribution in [1.82, 2.24) is 14.9 Å². The molecule has 2 aliphatic rings. The summed E-state index contributed by atoms with van der Waals surface area (Å²) in [4.78, 5) is 4.39. The van der Waals surface area contributed by atoms with Crippen molar-refractivity contribution in [3.05, 3.63) is 18.2 Å². The van der Waals surface area contributed by atoms with Crippen LogP contribution in [0.2, 0.25) is 0 Å². The Hall–Kier alpha value is -0.480. The maximum absolute atomic E-state index is 4.39. The van der Waals surface area contributed by atoms with Crippen molar-refractivity contribution < 1.29 is 0 Å². The van der Waals surface area contributed by atoms with E-state index in [4.69, 9.17) is 0 Å². The summed E-state index contributed by atoms with van der Waals surface area (Å²) >= 11 is 2.02. The molecule has 4 heteroatoms. The summed E-state index contributed by atoms with van der Waals surface area (Å²) < 4.78 is 2.46. The lowest BCUT2D eigenvalue weighted by Crippen LogP contribution is -2.22. The van der Waals surface area contributed by atoms with Crippen LogP contribution in [0.5, 0.6) is 0 Å². The van der Waals surface area contributed by atoms with Gasteiger partial charge in [-0.3, -0.25) is 0 Å². The summed E-state index contributed by atoms with van der Waals surface area (Å²) in [6.07, 6.45) is 13.0. The third-order valence-corrected chi connectivity index (χ3v) is 5.35. The highest BCUT2D eigenvalue weighted by molar-refractivity contribution is 7.99. The quantitative estimate of drug-likeness (QED) is 0.896. The molecule has 17 heavy (non-hydrogen) atoms. The van der Waals surface area contributed by atoms with Crippen molar-refractivity contribution in [1.29, 1.82) is 0 Å². The number of thioether (sulfide) groups is 1. The summed E-state index contributed by atoms with van der Waals surface area (Å²) in [6.45, 7) is 1.16. The van der Waals surface area contributed by atoms with Gasteiger partial charge in [-0.2, -0.15) is 11.8 Å². The SMILES string of the molecule is CSC1CCCC1n1cncc1C1CCCN1. The highest BCUT2D eigenvalue weighted by Gasteiger charge is 2.31. The van der Waals surface area contributed by atoms with Crippen LogP contribution in [0.4, 0.5) is 0 Å². The fourth-order valence-corrected chi connectivity index (χ4v) is 4.28. The summed E-state index contributed by atoms with van der Waals surface area (Å²) in [5, 5.41) is 4.37. The van der Waals surface area contributed by atoms with E-state index >= 15 is 0 Å². The second-order valence-electron chi connectivity index (χ2n) is 5.15. The third kappa shape index (κ3) is 2.13. The van der Waals surface area contributed by atoms with E-state index in [1.165, 1.54) is 37.8 Å². The molecule has 94 valence electrons. The Morgan fingerprint density at radius 3 is 3.06 bits per heavy atom. The fourth-order valence-electron chi connectivity index (χ4n) is 3.30. The molecule has 1 N–H and O–H groups in total. The summed E-state index contributed by atoms with van der Waals surface area (Å²) in [5.41, 5.74) is 1.41. The first kappa shape index (κ1) is 11.6. The van der Waals surface area contributed by atoms with Crippen molar-refractivity contribution in [3.8, 4) is 0 Å². The molecular weight excluding hydrogens is 230 g/mol. The maximum Gasteiger partial charge on any atom is 0.0951 e. The molecule has 0 spiro atoms. The second kappa shape index (κ2) is 5.02. The minimum Gasteiger partial charge on any atom is -0.329 e. The fraction of sp³-hybridized carbons (Fsp3) is 0.769. The Morgan fingerprint density at radius 2 is 2.29 bits per heavy atom. The number of hydrogen-bond donors (Lipinski definition) is 1. The number of aromatic nitrogens is 2. The normalized spacial score (nSPS) is 33.4. The lowest BCUT2D eigenvalue weighted by molar-refractivity contribution is 0.478. The lowest BCUT2D eigenvalue weighted by atomic mass is 10.1. The zero-order valence-electron chi connectivity index (χ0n) is 10.4. The monoisotopic (exact) mass is 251 g/mol. The van der Waals surface area contributed by atoms with Gasteiger partial charge in [-0.25, -0.2) is 4.98 Å². The van der Waals surface area contributed by atoms with Crippen molar-refractivity contribution >= 4 is 11.8 Å². The van der Waals surface area contributed by atoms with Gasteiger partial charge >= 0.3 is 0 Å². The molecule has 1 aromatic heterocycles. The summed E-state index contributed by atoms with van der Waals surface area (Å²) in [7, 11) is 0. The predicted molar refractivity (Wildman–Crippen MR) is 72.4 cm³/mol. The number of nitrogens with one attached hydrogen (secondary N) is 1. The van der Waals surface area contributed by atoms with Gasteiger partial charge in [-0.1, -0.05) is 6.42 Å². The Morgan fingerprint density at radius 1 is 1.35 bits per heavy atom. The second-order valence-corrected chi connectivity index (χ2v) is 6.22. The minimum absolute atomic E-state index is 0.542. The number of hydrogen-bond acceptors (Lipinski definition) is 3. The molecule has 3 rings (SSSR count). The van der Waals surface area contributed by atoms with Gasteiger partial charge in [0, 0.05) is 23.5 Å². The van der Waals surface area contributed by atoms with E-state index in [-0.39, 0.29) is 0 Å². The minimum atomic E-state index is 0.542. The largest absolute Gasteiger partial charge is 0.329 e. The van der Waals surface area contributed by atoms with E-state index in [9.17, 15) is 0 Å². The van der Waals surface area contributed by atoms with E-state index in [1.54, 1.807) is 0 Å². The molecule has 1 aliphatic carbocycles. The molecule has 2 heterocycles. The molecule has 3 unspecified atom stereocenters. The molecule has 1 aromatic rings. The van der Waals surface area contributed by atoms with Crippen LogP contribution in [0.3, 0.4) is 0 Å². The van der Waals surface area contributed by atoms with Crippen molar-refractivity contribution in [3.63, 3.8) is 0 Å². The van der Waals surface area contributed by atoms with Gasteiger partial charge in [0.1, 0.15) is 0 Å². The maximum atomic E-state index is 4.39. The molecule has 0 bridgehead atoms. The van der Waals surface area contributed by atoms with E-state index in [0.29, 0.717) is 12.1 Å². The smallest absolute Gasteiger partial charge is 0.0951 e. The van der Waals surface area contributed by atoms with E-state index in [1.807, 2.05) is 11.8 Å². The molecule has 0 radical (unpaired) electrons. The topological polar surface area (TPSA) is 29.9 Å². The van der Waals surface area contributed by atoms with Gasteiger partial charge in [0.25, 0.3) is 0 Å². The molecule has 3 nitrogen and oxygen atoms in total. The lowest BCUT2D eigenvalue weighted by Gasteiger charge is -2.23. The first-order valence-electron chi connectivity index (χ1n) is 6.68. The van der Waals surface area contributed by atoms with Crippen molar-refractivity contribution in [2.75, 3.05) is 12.8 Å². The Bertz CT molecular complexity index is 370. The van der Waals surface area contributed by atoms with Crippen LogP contribution in [0.15, 0.2) is 12.5 Å². The van der Waals surface area contributed by atoms with Crippen LogP contribution in [-0.4, -0.2) is 27.6 Å². The summed E-state index contributed by atoms with van der Waals surface area (Å²) in [6, 6.07) is 1.21. The van der Waals surface area contributed by atoms with Crippen LogP contribution < -0.4 is 5.32 Å². The van der Waals surface area contributed by atoms with Gasteiger partial charge < -0.3 is 9.88 Å². The number of nitrogens with zero attached hydrogens (tertiary/aromatic N) is 2. The molecule has 2 fully saturated rings. The number of rotatable bonds is 3. The zero-order chi connectivity index (χ0) is 11.7. The standard InChI is InChI=1S/C13H21N3S/c1-17-13-6-2-5-11(13)16-9-14-8-12(16)10-4-3-7-15-10/h8-11,13,15H,2-7H2,1H3. The van der Waals surface area contributed by atoms with Crippen LogP contribution in [-0.2, 0) is 0 Å². The Labute approximate surface area is 107 Å². The highest BCUT2D eigenvalue weighted by atomic mass is 32.2. The average molecular weight is 251 g/mol. The molecule has 0 amide bonds. The van der Waals surface area contributed by atoms with Crippen LogP contribution in [0.1, 0.15) is 49.9 Å². The van der Waals surface area contributed by atoms with Gasteiger partial charge in [-0.15, -0.1) is 0 Å². The van der Waals surface area contributed by atoms with Crippen LogP contribution in [0.25, 0.3) is 0 Å². The van der Waals surface area contributed by atoms with E-state index in [2.05, 4.69) is 33.6 Å². The van der Waals surface area contributed by atoms with Gasteiger partial charge in [0.05, 0.1) is 12.0 Å². The molecule has 1 saturated carbocycles. The van der Waals surface area contributed by atoms with E-state index in [0.717, 1.165) is 11.8 Å². The Balaban J connectivity index is 1.84. The van der Waals surface area contributed by atoms with Crippen LogP contribution >= 0.6 is 11.8 Å². The molecule has 3 atom stereocenters. The van der Waals surface area contributed by atoms with Gasteiger partial charge in [0.15, 0.2) is 0 Å². The average Bonchev–Trinajstić information content (AvgIpc) is 3.09.